The monoisotopic (exact) mass is 128 g/mol. The van der Waals surface area contributed by atoms with Gasteiger partial charge in [0.1, 0.15) is 0 Å². The molecule has 0 radical (unpaired) electrons. The summed E-state index contributed by atoms with van der Waals surface area (Å²) >= 11 is 0. The number of hydrogen-bond donors (Lipinski definition) is 0. The first-order valence-corrected chi connectivity index (χ1v) is 2.15. The van der Waals surface area contributed by atoms with Gasteiger partial charge in [-0.1, -0.05) is 0 Å². The summed E-state index contributed by atoms with van der Waals surface area (Å²) in [6.45, 7) is 3.11. The van der Waals surface area contributed by atoms with E-state index < -0.39 is 0 Å². The Kier molecular flexibility index (Phi) is 6.95. The summed E-state index contributed by atoms with van der Waals surface area (Å²) in [6.07, 6.45) is 0. The predicted octanol–water partition coefficient (Wildman–Crippen LogP) is -2.85. The molecule has 0 aromatic rings. The largest absolute Gasteiger partial charge is 1.00 e. The third-order valence-corrected chi connectivity index (χ3v) is 0.744. The van der Waals surface area contributed by atoms with E-state index in [1.54, 1.807) is 0 Å². The molecular weight excluding hydrogens is 119 g/mol. The van der Waals surface area contributed by atoms with Crippen LogP contribution in [-0.4, -0.2) is 26.4 Å². The van der Waals surface area contributed by atoms with Crippen molar-refractivity contribution in [1.82, 2.24) is 0 Å². The predicted molar refractivity (Wildman–Crippen MR) is 22.7 cm³/mol. The van der Waals surface area contributed by atoms with Crippen LogP contribution in [0.25, 0.3) is 0 Å². The van der Waals surface area contributed by atoms with Gasteiger partial charge < -0.3 is 10.9 Å². The summed E-state index contributed by atoms with van der Waals surface area (Å²) in [7, 11) is 0. The number of hydrogen-bond acceptors (Lipinski definition) is 2. The molecule has 7 heavy (non-hydrogen) atoms. The Morgan fingerprint density at radius 1 is 0.857 bits per heavy atom. The molecule has 1 aliphatic heterocycles. The molecule has 0 aromatic carbocycles. The van der Waals surface area contributed by atoms with Gasteiger partial charge in [0, 0.05) is 0 Å². The van der Waals surface area contributed by atoms with E-state index in [9.17, 15) is 0 Å². The van der Waals surface area contributed by atoms with Gasteiger partial charge in [0.2, 0.25) is 0 Å². The van der Waals surface area contributed by atoms with Crippen LogP contribution >= 0.6 is 0 Å². The summed E-state index contributed by atoms with van der Waals surface area (Å²) in [5.41, 5.74) is 0. The molecule has 2 nitrogen and oxygen atoms in total. The van der Waals surface area contributed by atoms with Crippen molar-refractivity contribution in [3.8, 4) is 0 Å². The third-order valence-electron chi connectivity index (χ3n) is 0.744. The Hall–Kier alpha value is 1.56. The smallest absolute Gasteiger partial charge is 1.00 e. The van der Waals surface area contributed by atoms with Crippen molar-refractivity contribution in [3.63, 3.8) is 0 Å². The summed E-state index contributed by atoms with van der Waals surface area (Å²) in [5.74, 6) is 0. The van der Waals surface area contributed by atoms with Gasteiger partial charge in [0.25, 0.3) is 0 Å². The van der Waals surface area contributed by atoms with Crippen LogP contribution in [0.2, 0.25) is 0 Å². The number of rotatable bonds is 0. The Balaban J connectivity index is 0. The van der Waals surface area contributed by atoms with Gasteiger partial charge in [0.15, 0.2) is 0 Å². The molecule has 1 saturated heterocycles. The van der Waals surface area contributed by atoms with Crippen molar-refractivity contribution in [2.75, 3.05) is 26.4 Å². The quantitative estimate of drug-likeness (QED) is 0.327. The standard InChI is InChI=1S/C4H8O2.K.H/c1-2-6-4-3-5-1;;/h1-4H2;;/q;+1;-1. The van der Waals surface area contributed by atoms with E-state index in [-0.39, 0.29) is 52.8 Å². The van der Waals surface area contributed by atoms with Crippen molar-refractivity contribution < 1.29 is 62.3 Å². The first-order chi connectivity index (χ1) is 3.00. The van der Waals surface area contributed by atoms with E-state index >= 15 is 0 Å². The van der Waals surface area contributed by atoms with Gasteiger partial charge >= 0.3 is 51.4 Å². The Morgan fingerprint density at radius 2 is 1.14 bits per heavy atom. The fourth-order valence-corrected chi connectivity index (χ4v) is 0.440. The fraction of sp³-hybridized carbons (Fsp3) is 1.00. The van der Waals surface area contributed by atoms with Crippen LogP contribution in [0.15, 0.2) is 0 Å². The first kappa shape index (κ1) is 8.56. The minimum absolute atomic E-state index is 0. The molecule has 1 heterocycles. The zero-order valence-corrected chi connectivity index (χ0v) is 7.77. The summed E-state index contributed by atoms with van der Waals surface area (Å²) < 4.78 is 9.89. The van der Waals surface area contributed by atoms with E-state index in [0.29, 0.717) is 0 Å². The minimum Gasteiger partial charge on any atom is -1.00 e. The van der Waals surface area contributed by atoms with Gasteiger partial charge in [-0.15, -0.1) is 0 Å². The van der Waals surface area contributed by atoms with Crippen LogP contribution in [0.1, 0.15) is 1.43 Å². The summed E-state index contributed by atoms with van der Waals surface area (Å²) in [4.78, 5) is 0. The maximum Gasteiger partial charge on any atom is 1.00 e. The molecule has 38 valence electrons. The Bertz CT molecular complexity index is 29.5. The average molecular weight is 128 g/mol. The van der Waals surface area contributed by atoms with Crippen LogP contribution in [0.4, 0.5) is 0 Å². The second kappa shape index (κ2) is 5.69. The molecule has 0 aromatic heterocycles. The molecule has 0 amide bonds. The van der Waals surface area contributed by atoms with Crippen molar-refractivity contribution in [2.45, 2.75) is 0 Å². The number of ether oxygens (including phenoxy) is 2. The van der Waals surface area contributed by atoms with E-state index in [2.05, 4.69) is 0 Å². The van der Waals surface area contributed by atoms with Crippen LogP contribution in [0.5, 0.6) is 0 Å². The molecule has 1 fully saturated rings. The maximum absolute atomic E-state index is 4.94. The molecule has 0 saturated carbocycles. The molecule has 0 bridgehead atoms. The van der Waals surface area contributed by atoms with Gasteiger partial charge in [-0.3, -0.25) is 0 Å². The van der Waals surface area contributed by atoms with Gasteiger partial charge in [-0.25, -0.2) is 0 Å². The average Bonchev–Trinajstić information content (AvgIpc) is 1.72. The van der Waals surface area contributed by atoms with Gasteiger partial charge in [-0.05, 0) is 0 Å². The normalized spacial score (nSPS) is 20.6. The molecule has 0 N–H and O–H groups in total. The first-order valence-electron chi connectivity index (χ1n) is 2.15. The molecule has 1 rings (SSSR count). The van der Waals surface area contributed by atoms with E-state index in [1.165, 1.54) is 0 Å². The second-order valence-electron chi connectivity index (χ2n) is 1.22. The summed E-state index contributed by atoms with van der Waals surface area (Å²) in [5, 5.41) is 0. The second-order valence-corrected chi connectivity index (χ2v) is 1.22. The van der Waals surface area contributed by atoms with Crippen molar-refractivity contribution in [3.05, 3.63) is 0 Å². The Morgan fingerprint density at radius 3 is 1.29 bits per heavy atom. The molecule has 3 heteroatoms. The van der Waals surface area contributed by atoms with Gasteiger partial charge in [-0.2, -0.15) is 0 Å². The van der Waals surface area contributed by atoms with Crippen LogP contribution in [0.3, 0.4) is 0 Å². The van der Waals surface area contributed by atoms with E-state index in [4.69, 9.17) is 9.47 Å². The van der Waals surface area contributed by atoms with Crippen LogP contribution in [-0.2, 0) is 9.47 Å². The van der Waals surface area contributed by atoms with E-state index in [1.807, 2.05) is 0 Å². The minimum atomic E-state index is 0. The molecule has 0 unspecified atom stereocenters. The van der Waals surface area contributed by atoms with E-state index in [0.717, 1.165) is 26.4 Å². The topological polar surface area (TPSA) is 18.5 Å². The zero-order valence-electron chi connectivity index (χ0n) is 5.64. The Labute approximate surface area is 87.5 Å². The third kappa shape index (κ3) is 4.09. The summed E-state index contributed by atoms with van der Waals surface area (Å²) in [6, 6.07) is 0. The SMILES string of the molecule is C1COCCO1.[H-].[K+]. The molecule has 1 aliphatic rings. The fourth-order valence-electron chi connectivity index (χ4n) is 0.440. The van der Waals surface area contributed by atoms with Crippen molar-refractivity contribution >= 4 is 0 Å². The zero-order chi connectivity index (χ0) is 4.24. The molecule has 0 aliphatic carbocycles. The molecular formula is C4H9KO2. The maximum atomic E-state index is 4.94. The van der Waals surface area contributed by atoms with Gasteiger partial charge in [0.05, 0.1) is 26.4 Å². The van der Waals surface area contributed by atoms with Crippen LogP contribution in [0, 0.1) is 0 Å². The van der Waals surface area contributed by atoms with Crippen molar-refractivity contribution in [2.24, 2.45) is 0 Å². The molecule has 0 spiro atoms. The van der Waals surface area contributed by atoms with Crippen LogP contribution < -0.4 is 51.4 Å². The van der Waals surface area contributed by atoms with Crippen molar-refractivity contribution in [1.29, 1.82) is 0 Å². The molecule has 0 atom stereocenters.